The lowest BCUT2D eigenvalue weighted by atomic mass is 9.83. The number of aromatic nitrogens is 2. The minimum atomic E-state index is -0.158. The fourth-order valence-corrected chi connectivity index (χ4v) is 5.00. The lowest BCUT2D eigenvalue weighted by molar-refractivity contribution is -0.139. The van der Waals surface area contributed by atoms with Gasteiger partial charge in [-0.2, -0.15) is 0 Å². The summed E-state index contributed by atoms with van der Waals surface area (Å²) >= 11 is 0. The van der Waals surface area contributed by atoms with Gasteiger partial charge >= 0.3 is 0 Å². The second kappa shape index (κ2) is 8.52. The van der Waals surface area contributed by atoms with Crippen LogP contribution >= 0.6 is 0 Å². The van der Waals surface area contributed by atoms with Crippen molar-refractivity contribution >= 4 is 11.8 Å². The average molecular weight is 435 g/mol. The molecular weight excluding hydrogens is 404 g/mol. The minimum Gasteiger partial charge on any atom is -0.342 e. The highest BCUT2D eigenvalue weighted by atomic mass is 16.2. The quantitative estimate of drug-likeness (QED) is 0.805. The van der Waals surface area contributed by atoms with Crippen LogP contribution in [0.15, 0.2) is 29.1 Å². The first-order valence-corrected chi connectivity index (χ1v) is 11.8. The number of carbonyl (C=O) groups is 2. The molecule has 0 bridgehead atoms. The van der Waals surface area contributed by atoms with E-state index in [1.807, 2.05) is 36.1 Å². The van der Waals surface area contributed by atoms with Crippen LogP contribution in [-0.2, 0) is 17.8 Å². The number of amides is 2. The SMILES string of the molecule is Cc1ccc(C(=O)N2CCc3nc(C4CCCN(C(=O)C5CCC5)C4)[nH]c(=O)c3C2)cc1. The van der Waals surface area contributed by atoms with Crippen molar-refractivity contribution in [1.82, 2.24) is 19.8 Å². The van der Waals surface area contributed by atoms with E-state index >= 15 is 0 Å². The smallest absolute Gasteiger partial charge is 0.256 e. The molecule has 1 aliphatic carbocycles. The van der Waals surface area contributed by atoms with E-state index in [1.165, 1.54) is 0 Å². The second-order valence-corrected chi connectivity index (χ2v) is 9.47. The van der Waals surface area contributed by atoms with Crippen LogP contribution in [0.5, 0.6) is 0 Å². The summed E-state index contributed by atoms with van der Waals surface area (Å²) in [6.45, 7) is 4.25. The Morgan fingerprint density at radius 3 is 2.53 bits per heavy atom. The fourth-order valence-electron chi connectivity index (χ4n) is 5.00. The number of aromatic amines is 1. The largest absolute Gasteiger partial charge is 0.342 e. The van der Waals surface area contributed by atoms with Gasteiger partial charge in [-0.05, 0) is 44.7 Å². The van der Waals surface area contributed by atoms with Gasteiger partial charge in [0.1, 0.15) is 5.82 Å². The Kier molecular flexibility index (Phi) is 5.57. The van der Waals surface area contributed by atoms with Gasteiger partial charge in [0.25, 0.3) is 11.5 Å². The zero-order valence-electron chi connectivity index (χ0n) is 18.6. The third-order valence-electron chi connectivity index (χ3n) is 7.25. The summed E-state index contributed by atoms with van der Waals surface area (Å²) in [6, 6.07) is 7.51. The highest BCUT2D eigenvalue weighted by Gasteiger charge is 2.34. The summed E-state index contributed by atoms with van der Waals surface area (Å²) in [4.78, 5) is 50.0. The molecule has 3 aliphatic rings. The number of nitrogens with one attached hydrogen (secondary N) is 1. The molecule has 32 heavy (non-hydrogen) atoms. The minimum absolute atomic E-state index is 0.0587. The molecule has 2 fully saturated rings. The first-order chi connectivity index (χ1) is 15.5. The number of hydrogen-bond acceptors (Lipinski definition) is 4. The molecule has 2 aromatic rings. The maximum absolute atomic E-state index is 12.9. The van der Waals surface area contributed by atoms with Crippen LogP contribution in [0.25, 0.3) is 0 Å². The molecule has 2 aliphatic heterocycles. The van der Waals surface area contributed by atoms with E-state index < -0.39 is 0 Å². The number of carbonyl (C=O) groups excluding carboxylic acids is 2. The Morgan fingerprint density at radius 1 is 1.03 bits per heavy atom. The maximum atomic E-state index is 12.9. The topological polar surface area (TPSA) is 86.4 Å². The standard InChI is InChI=1S/C25H30N4O3/c1-16-7-9-18(10-8-16)25(32)29-13-11-21-20(15-29)23(30)27-22(26-21)19-6-3-12-28(14-19)24(31)17-4-2-5-17/h7-10,17,19H,2-6,11-15H2,1H3,(H,26,27,30). The van der Waals surface area contributed by atoms with E-state index in [4.69, 9.17) is 4.98 Å². The Hall–Kier alpha value is -2.96. The van der Waals surface area contributed by atoms with E-state index in [-0.39, 0.29) is 35.8 Å². The van der Waals surface area contributed by atoms with Crippen molar-refractivity contribution in [3.05, 3.63) is 62.8 Å². The summed E-state index contributed by atoms with van der Waals surface area (Å²) in [5.41, 5.74) is 2.96. The van der Waals surface area contributed by atoms with Gasteiger partial charge in [0.2, 0.25) is 5.91 Å². The van der Waals surface area contributed by atoms with Crippen LogP contribution in [0.3, 0.4) is 0 Å². The molecule has 0 spiro atoms. The number of aryl methyl sites for hydroxylation is 1. The van der Waals surface area contributed by atoms with E-state index in [2.05, 4.69) is 4.98 Å². The van der Waals surface area contributed by atoms with Crippen molar-refractivity contribution in [1.29, 1.82) is 0 Å². The van der Waals surface area contributed by atoms with Crippen molar-refractivity contribution in [2.75, 3.05) is 19.6 Å². The zero-order valence-corrected chi connectivity index (χ0v) is 18.6. The molecule has 3 heterocycles. The van der Waals surface area contributed by atoms with Gasteiger partial charge in [0, 0.05) is 43.5 Å². The number of benzene rings is 1. The van der Waals surface area contributed by atoms with E-state index in [1.54, 1.807) is 4.90 Å². The molecule has 1 atom stereocenters. The third kappa shape index (κ3) is 3.96. The van der Waals surface area contributed by atoms with Crippen LogP contribution in [0.4, 0.5) is 0 Å². The van der Waals surface area contributed by atoms with Crippen molar-refractivity contribution in [2.45, 2.75) is 57.9 Å². The number of H-pyrrole nitrogens is 1. The third-order valence-corrected chi connectivity index (χ3v) is 7.25. The highest BCUT2D eigenvalue weighted by Crippen LogP contribution is 2.32. The van der Waals surface area contributed by atoms with Gasteiger partial charge in [-0.25, -0.2) is 4.98 Å². The molecule has 1 aromatic heterocycles. The average Bonchev–Trinajstić information content (AvgIpc) is 2.78. The number of likely N-dealkylation sites (tertiary alicyclic amines) is 1. The molecule has 168 valence electrons. The molecule has 7 nitrogen and oxygen atoms in total. The van der Waals surface area contributed by atoms with Crippen LogP contribution in [-0.4, -0.2) is 51.2 Å². The normalized spacial score (nSPS) is 21.1. The summed E-state index contributed by atoms with van der Waals surface area (Å²) < 4.78 is 0. The van der Waals surface area contributed by atoms with Gasteiger partial charge in [-0.1, -0.05) is 24.1 Å². The maximum Gasteiger partial charge on any atom is 0.256 e. The van der Waals surface area contributed by atoms with Gasteiger partial charge in [-0.3, -0.25) is 14.4 Å². The molecule has 1 aromatic carbocycles. The molecule has 1 unspecified atom stereocenters. The van der Waals surface area contributed by atoms with Crippen molar-refractivity contribution in [3.8, 4) is 0 Å². The molecule has 1 N–H and O–H groups in total. The molecule has 0 radical (unpaired) electrons. The summed E-state index contributed by atoms with van der Waals surface area (Å²) in [5.74, 6) is 1.17. The summed E-state index contributed by atoms with van der Waals surface area (Å²) in [5, 5.41) is 0. The summed E-state index contributed by atoms with van der Waals surface area (Å²) in [7, 11) is 0. The monoisotopic (exact) mass is 434 g/mol. The van der Waals surface area contributed by atoms with Crippen LogP contribution < -0.4 is 5.56 Å². The van der Waals surface area contributed by atoms with Gasteiger partial charge in [0.05, 0.1) is 17.8 Å². The molecule has 1 saturated carbocycles. The van der Waals surface area contributed by atoms with Crippen LogP contribution in [0.1, 0.15) is 71.0 Å². The first kappa shape index (κ1) is 20.9. The highest BCUT2D eigenvalue weighted by molar-refractivity contribution is 5.94. The van der Waals surface area contributed by atoms with E-state index in [0.29, 0.717) is 36.5 Å². The number of nitrogens with zero attached hydrogens (tertiary/aromatic N) is 3. The lowest BCUT2D eigenvalue weighted by Gasteiger charge is -2.37. The molecule has 5 rings (SSSR count). The van der Waals surface area contributed by atoms with E-state index in [9.17, 15) is 14.4 Å². The van der Waals surface area contributed by atoms with Gasteiger partial charge in [-0.15, -0.1) is 0 Å². The predicted molar refractivity (Wildman–Crippen MR) is 120 cm³/mol. The Balaban J connectivity index is 1.31. The number of rotatable bonds is 3. The van der Waals surface area contributed by atoms with Gasteiger partial charge in [0.15, 0.2) is 0 Å². The number of piperidine rings is 1. The second-order valence-electron chi connectivity index (χ2n) is 9.47. The molecule has 1 saturated heterocycles. The van der Waals surface area contributed by atoms with Crippen LogP contribution in [0, 0.1) is 12.8 Å². The van der Waals surface area contributed by atoms with Crippen molar-refractivity contribution in [3.63, 3.8) is 0 Å². The number of hydrogen-bond donors (Lipinski definition) is 1. The predicted octanol–water partition coefficient (Wildman–Crippen LogP) is 2.78. The Labute approximate surface area is 187 Å². The van der Waals surface area contributed by atoms with Crippen LogP contribution in [0.2, 0.25) is 0 Å². The lowest BCUT2D eigenvalue weighted by Crippen LogP contribution is -2.45. The molecular formula is C25H30N4O3. The Bertz CT molecular complexity index is 1090. The molecule has 7 heteroatoms. The number of fused-ring (bicyclic) bond motifs is 1. The summed E-state index contributed by atoms with van der Waals surface area (Å²) in [6.07, 6.45) is 5.59. The van der Waals surface area contributed by atoms with Crippen molar-refractivity contribution < 1.29 is 9.59 Å². The first-order valence-electron chi connectivity index (χ1n) is 11.8. The zero-order chi connectivity index (χ0) is 22.2. The Morgan fingerprint density at radius 2 is 1.81 bits per heavy atom. The van der Waals surface area contributed by atoms with Gasteiger partial charge < -0.3 is 14.8 Å². The fraction of sp³-hybridized carbons (Fsp3) is 0.520. The molecule has 2 amide bonds. The van der Waals surface area contributed by atoms with E-state index in [0.717, 1.165) is 49.9 Å². The van der Waals surface area contributed by atoms with Crippen molar-refractivity contribution in [2.24, 2.45) is 5.92 Å².